The molecule has 0 aliphatic carbocycles. The molecule has 0 aliphatic heterocycles. The first-order valence-electron chi connectivity index (χ1n) is 7.01. The molecule has 1 nitrogen and oxygen atoms in total. The molecule has 1 unspecified atom stereocenters. The second kappa shape index (κ2) is 6.55. The molecule has 0 saturated heterocycles. The average Bonchev–Trinajstić information content (AvgIpc) is 2.42. The van der Waals surface area contributed by atoms with Crippen molar-refractivity contribution in [3.05, 3.63) is 69.2 Å². The SMILES string of the molecule is Cc1c(Br)cccc1C(O)Cc1ccc(C(C)C)cc1. The van der Waals surface area contributed by atoms with Gasteiger partial charge in [0.05, 0.1) is 6.10 Å². The Labute approximate surface area is 129 Å². The molecule has 20 heavy (non-hydrogen) atoms. The number of benzene rings is 2. The predicted molar refractivity (Wildman–Crippen MR) is 88.1 cm³/mol. The van der Waals surface area contributed by atoms with Crippen molar-refractivity contribution < 1.29 is 5.11 Å². The van der Waals surface area contributed by atoms with Gasteiger partial charge in [0.1, 0.15) is 0 Å². The van der Waals surface area contributed by atoms with Gasteiger partial charge >= 0.3 is 0 Å². The van der Waals surface area contributed by atoms with E-state index in [1.54, 1.807) is 0 Å². The molecule has 2 aromatic carbocycles. The lowest BCUT2D eigenvalue weighted by atomic mass is 9.96. The molecule has 0 amide bonds. The Morgan fingerprint density at radius 3 is 2.30 bits per heavy atom. The van der Waals surface area contributed by atoms with E-state index in [1.807, 2.05) is 25.1 Å². The number of aliphatic hydroxyl groups excluding tert-OH is 1. The largest absolute Gasteiger partial charge is 0.388 e. The van der Waals surface area contributed by atoms with E-state index in [2.05, 4.69) is 54.0 Å². The van der Waals surface area contributed by atoms with Gasteiger partial charge in [0.2, 0.25) is 0 Å². The Morgan fingerprint density at radius 1 is 1.05 bits per heavy atom. The van der Waals surface area contributed by atoms with Gasteiger partial charge in [-0.25, -0.2) is 0 Å². The number of hydrogen-bond donors (Lipinski definition) is 1. The van der Waals surface area contributed by atoms with Gasteiger partial charge in [-0.15, -0.1) is 0 Å². The highest BCUT2D eigenvalue weighted by Crippen LogP contribution is 2.27. The van der Waals surface area contributed by atoms with Crippen molar-refractivity contribution >= 4 is 15.9 Å². The van der Waals surface area contributed by atoms with Crippen LogP contribution in [0.4, 0.5) is 0 Å². The minimum atomic E-state index is -0.461. The first-order valence-corrected chi connectivity index (χ1v) is 7.80. The minimum Gasteiger partial charge on any atom is -0.388 e. The van der Waals surface area contributed by atoms with Gasteiger partial charge in [-0.2, -0.15) is 0 Å². The molecule has 0 aromatic heterocycles. The summed E-state index contributed by atoms with van der Waals surface area (Å²) in [6, 6.07) is 14.5. The van der Waals surface area contributed by atoms with Crippen LogP contribution in [0.1, 0.15) is 48.1 Å². The van der Waals surface area contributed by atoms with E-state index in [4.69, 9.17) is 0 Å². The lowest BCUT2D eigenvalue weighted by molar-refractivity contribution is 0.177. The Morgan fingerprint density at radius 2 is 1.70 bits per heavy atom. The van der Waals surface area contributed by atoms with Crippen LogP contribution in [0.5, 0.6) is 0 Å². The molecule has 106 valence electrons. The van der Waals surface area contributed by atoms with Crippen LogP contribution in [-0.2, 0) is 6.42 Å². The lowest BCUT2D eigenvalue weighted by Gasteiger charge is -2.15. The van der Waals surface area contributed by atoms with Gasteiger partial charge in [-0.3, -0.25) is 0 Å². The van der Waals surface area contributed by atoms with Crippen molar-refractivity contribution in [3.8, 4) is 0 Å². The van der Waals surface area contributed by atoms with Crippen LogP contribution >= 0.6 is 15.9 Å². The Bertz CT molecular complexity index is 572. The van der Waals surface area contributed by atoms with Crippen LogP contribution in [-0.4, -0.2) is 5.11 Å². The zero-order valence-corrected chi connectivity index (χ0v) is 13.8. The normalized spacial score (nSPS) is 12.7. The first kappa shape index (κ1) is 15.3. The molecule has 1 N–H and O–H groups in total. The maximum absolute atomic E-state index is 10.4. The van der Waals surface area contributed by atoms with Crippen molar-refractivity contribution in [2.45, 2.75) is 39.2 Å². The Hall–Kier alpha value is -1.12. The van der Waals surface area contributed by atoms with Crippen molar-refractivity contribution in [1.82, 2.24) is 0 Å². The average molecular weight is 333 g/mol. The molecule has 0 spiro atoms. The molecule has 0 saturated carbocycles. The highest BCUT2D eigenvalue weighted by molar-refractivity contribution is 9.10. The van der Waals surface area contributed by atoms with Crippen LogP contribution in [0.3, 0.4) is 0 Å². The van der Waals surface area contributed by atoms with Crippen LogP contribution in [0.15, 0.2) is 46.9 Å². The third-order valence-corrected chi connectivity index (χ3v) is 4.60. The highest BCUT2D eigenvalue weighted by Gasteiger charge is 2.12. The number of halogens is 1. The second-order valence-electron chi connectivity index (χ2n) is 5.57. The van der Waals surface area contributed by atoms with Crippen molar-refractivity contribution in [2.75, 3.05) is 0 Å². The molecule has 0 radical (unpaired) electrons. The molecular weight excluding hydrogens is 312 g/mol. The van der Waals surface area contributed by atoms with E-state index in [9.17, 15) is 5.11 Å². The highest BCUT2D eigenvalue weighted by atomic mass is 79.9. The van der Waals surface area contributed by atoms with E-state index < -0.39 is 6.10 Å². The summed E-state index contributed by atoms with van der Waals surface area (Å²) in [5, 5.41) is 10.4. The number of hydrogen-bond acceptors (Lipinski definition) is 1. The Balaban J connectivity index is 2.15. The van der Waals surface area contributed by atoms with E-state index in [0.717, 1.165) is 15.6 Å². The van der Waals surface area contributed by atoms with Gasteiger partial charge in [-0.05, 0) is 41.2 Å². The molecule has 2 aromatic rings. The number of aliphatic hydroxyl groups is 1. The Kier molecular flexibility index (Phi) is 5.00. The van der Waals surface area contributed by atoms with E-state index in [1.165, 1.54) is 11.1 Å². The molecule has 0 fully saturated rings. The third kappa shape index (κ3) is 3.50. The summed E-state index contributed by atoms with van der Waals surface area (Å²) in [7, 11) is 0. The van der Waals surface area contributed by atoms with Crippen molar-refractivity contribution in [1.29, 1.82) is 0 Å². The van der Waals surface area contributed by atoms with E-state index in [-0.39, 0.29) is 0 Å². The molecule has 2 heteroatoms. The van der Waals surface area contributed by atoms with Crippen LogP contribution < -0.4 is 0 Å². The monoisotopic (exact) mass is 332 g/mol. The van der Waals surface area contributed by atoms with Gasteiger partial charge in [0.25, 0.3) is 0 Å². The molecule has 2 rings (SSSR count). The maximum atomic E-state index is 10.4. The van der Waals surface area contributed by atoms with Gasteiger partial charge in [0.15, 0.2) is 0 Å². The lowest BCUT2D eigenvalue weighted by Crippen LogP contribution is -2.04. The van der Waals surface area contributed by atoms with Gasteiger partial charge in [-0.1, -0.05) is 66.2 Å². The summed E-state index contributed by atoms with van der Waals surface area (Å²) in [4.78, 5) is 0. The summed E-state index contributed by atoms with van der Waals surface area (Å²) in [5.74, 6) is 0.543. The zero-order valence-electron chi connectivity index (χ0n) is 12.2. The third-order valence-electron chi connectivity index (χ3n) is 3.74. The van der Waals surface area contributed by atoms with Crippen LogP contribution in [0.2, 0.25) is 0 Å². The first-order chi connectivity index (χ1) is 9.49. The fourth-order valence-electron chi connectivity index (χ4n) is 2.36. The zero-order chi connectivity index (χ0) is 14.7. The van der Waals surface area contributed by atoms with E-state index >= 15 is 0 Å². The standard InChI is InChI=1S/C18H21BrO/c1-12(2)15-9-7-14(8-10-15)11-18(20)16-5-4-6-17(19)13(16)3/h4-10,12,18,20H,11H2,1-3H3. The summed E-state index contributed by atoms with van der Waals surface area (Å²) < 4.78 is 1.05. The van der Waals surface area contributed by atoms with Crippen molar-refractivity contribution in [3.63, 3.8) is 0 Å². The number of rotatable bonds is 4. The molecule has 0 heterocycles. The fraction of sp³-hybridized carbons (Fsp3) is 0.333. The summed E-state index contributed by atoms with van der Waals surface area (Å²) in [6.07, 6.45) is 0.188. The van der Waals surface area contributed by atoms with Crippen molar-refractivity contribution in [2.24, 2.45) is 0 Å². The summed E-state index contributed by atoms with van der Waals surface area (Å²) in [6.45, 7) is 6.41. The smallest absolute Gasteiger partial charge is 0.0833 e. The molecule has 0 bridgehead atoms. The maximum Gasteiger partial charge on any atom is 0.0833 e. The molecule has 1 atom stereocenters. The van der Waals surface area contributed by atoms with Crippen LogP contribution in [0, 0.1) is 6.92 Å². The predicted octanol–water partition coefficient (Wildman–Crippen LogP) is 5.16. The van der Waals surface area contributed by atoms with E-state index in [0.29, 0.717) is 12.3 Å². The minimum absolute atomic E-state index is 0.461. The molecule has 0 aliphatic rings. The quantitative estimate of drug-likeness (QED) is 0.820. The fourth-order valence-corrected chi connectivity index (χ4v) is 2.74. The second-order valence-corrected chi connectivity index (χ2v) is 6.42. The van der Waals surface area contributed by atoms with Gasteiger partial charge < -0.3 is 5.11 Å². The summed E-state index contributed by atoms with van der Waals surface area (Å²) in [5.41, 5.74) is 4.61. The van der Waals surface area contributed by atoms with Crippen LogP contribution in [0.25, 0.3) is 0 Å². The topological polar surface area (TPSA) is 20.2 Å². The summed E-state index contributed by atoms with van der Waals surface area (Å²) >= 11 is 3.51. The van der Waals surface area contributed by atoms with Gasteiger partial charge in [0, 0.05) is 10.9 Å². The molecular formula is C18H21BrO.